The van der Waals surface area contributed by atoms with E-state index in [0.29, 0.717) is 11.6 Å². The average Bonchev–Trinajstić information content (AvgIpc) is 3.09. The third kappa shape index (κ3) is 3.07. The molecule has 1 unspecified atom stereocenters. The van der Waals surface area contributed by atoms with E-state index < -0.39 is 0 Å². The fourth-order valence-corrected chi connectivity index (χ4v) is 3.60. The van der Waals surface area contributed by atoms with Crippen LogP contribution in [-0.2, 0) is 0 Å². The monoisotopic (exact) mass is 299 g/mol. The molecule has 2 aromatic rings. The van der Waals surface area contributed by atoms with Gasteiger partial charge in [0.15, 0.2) is 0 Å². The van der Waals surface area contributed by atoms with E-state index >= 15 is 0 Å². The number of aliphatic hydroxyl groups excluding tert-OH is 1. The van der Waals surface area contributed by atoms with Crippen molar-refractivity contribution in [1.82, 2.24) is 4.98 Å². The van der Waals surface area contributed by atoms with Crippen molar-refractivity contribution in [3.8, 4) is 6.07 Å². The molecule has 3 heterocycles. The lowest BCUT2D eigenvalue weighted by Gasteiger charge is -2.34. The summed E-state index contributed by atoms with van der Waals surface area (Å²) < 4.78 is 0. The maximum atomic E-state index is 10.4. The van der Waals surface area contributed by atoms with Gasteiger partial charge in [-0.3, -0.25) is 0 Å². The minimum Gasteiger partial charge on any atom is -0.387 e. The van der Waals surface area contributed by atoms with E-state index in [1.165, 1.54) is 0 Å². The first kappa shape index (κ1) is 14.1. The molecule has 2 aromatic heterocycles. The maximum Gasteiger partial charge on any atom is 0.142 e. The lowest BCUT2D eigenvalue weighted by Crippen LogP contribution is -2.36. The number of nitriles is 1. The average molecular weight is 299 g/mol. The number of nitrogens with zero attached hydrogens (tertiary/aromatic N) is 3. The minimum atomic E-state index is -0.356. The molecule has 0 aliphatic carbocycles. The number of pyridine rings is 1. The standard InChI is InChI=1S/C16H17N3OS/c17-11-13-3-1-5-15(18-13)19-8-6-12(7-9-19)16(20)14-4-2-10-21-14/h1-5,10,12,16,20H,6-9H2. The zero-order valence-electron chi connectivity index (χ0n) is 11.6. The van der Waals surface area contributed by atoms with Crippen LogP contribution in [0.5, 0.6) is 0 Å². The molecule has 4 nitrogen and oxygen atoms in total. The van der Waals surface area contributed by atoms with Crippen LogP contribution in [0.2, 0.25) is 0 Å². The zero-order valence-corrected chi connectivity index (χ0v) is 12.5. The highest BCUT2D eigenvalue weighted by Gasteiger charge is 2.27. The summed E-state index contributed by atoms with van der Waals surface area (Å²) in [6.45, 7) is 1.74. The van der Waals surface area contributed by atoms with Crippen LogP contribution < -0.4 is 4.90 Å². The van der Waals surface area contributed by atoms with Crippen LogP contribution in [0.3, 0.4) is 0 Å². The maximum absolute atomic E-state index is 10.4. The molecule has 21 heavy (non-hydrogen) atoms. The largest absolute Gasteiger partial charge is 0.387 e. The molecule has 3 rings (SSSR count). The van der Waals surface area contributed by atoms with Gasteiger partial charge in [0.1, 0.15) is 17.6 Å². The van der Waals surface area contributed by atoms with Crippen molar-refractivity contribution in [3.05, 3.63) is 46.3 Å². The quantitative estimate of drug-likeness (QED) is 0.946. The van der Waals surface area contributed by atoms with Gasteiger partial charge in [0.2, 0.25) is 0 Å². The van der Waals surface area contributed by atoms with Gasteiger partial charge in [-0.25, -0.2) is 4.98 Å². The summed E-state index contributed by atoms with van der Waals surface area (Å²) in [5, 5.41) is 21.3. The van der Waals surface area contributed by atoms with Gasteiger partial charge in [-0.2, -0.15) is 5.26 Å². The molecule has 0 bridgehead atoms. The Morgan fingerprint density at radius 3 is 2.76 bits per heavy atom. The van der Waals surface area contributed by atoms with Gasteiger partial charge in [0, 0.05) is 18.0 Å². The van der Waals surface area contributed by atoms with Crippen molar-refractivity contribution in [3.63, 3.8) is 0 Å². The molecule has 1 aliphatic heterocycles. The molecule has 1 N–H and O–H groups in total. The van der Waals surface area contributed by atoms with Crippen LogP contribution >= 0.6 is 11.3 Å². The number of rotatable bonds is 3. The summed E-state index contributed by atoms with van der Waals surface area (Å²) in [6, 6.07) is 11.6. The van der Waals surface area contributed by atoms with E-state index in [-0.39, 0.29) is 6.10 Å². The summed E-state index contributed by atoms with van der Waals surface area (Å²) in [6.07, 6.45) is 1.53. The molecule has 1 fully saturated rings. The third-order valence-corrected chi connectivity index (χ3v) is 4.94. The van der Waals surface area contributed by atoms with Crippen molar-refractivity contribution in [2.45, 2.75) is 18.9 Å². The predicted molar refractivity (Wildman–Crippen MR) is 83.2 cm³/mol. The van der Waals surface area contributed by atoms with Crippen LogP contribution in [-0.4, -0.2) is 23.2 Å². The molecule has 0 aromatic carbocycles. The lowest BCUT2D eigenvalue weighted by molar-refractivity contribution is 0.0960. The van der Waals surface area contributed by atoms with Gasteiger partial charge < -0.3 is 10.0 Å². The van der Waals surface area contributed by atoms with E-state index in [1.54, 1.807) is 17.4 Å². The fourth-order valence-electron chi connectivity index (χ4n) is 2.80. The number of piperidine rings is 1. The molecule has 1 aliphatic rings. The molecule has 0 radical (unpaired) electrons. The second kappa shape index (κ2) is 6.25. The van der Waals surface area contributed by atoms with Crippen LogP contribution in [0.15, 0.2) is 35.7 Å². The Balaban J connectivity index is 1.64. The SMILES string of the molecule is N#Cc1cccc(N2CCC(C(O)c3cccs3)CC2)n1. The Morgan fingerprint density at radius 2 is 2.10 bits per heavy atom. The number of anilines is 1. The van der Waals surface area contributed by atoms with E-state index in [4.69, 9.17) is 5.26 Å². The first-order valence-electron chi connectivity index (χ1n) is 7.11. The van der Waals surface area contributed by atoms with Crippen molar-refractivity contribution in [1.29, 1.82) is 5.26 Å². The smallest absolute Gasteiger partial charge is 0.142 e. The molecular weight excluding hydrogens is 282 g/mol. The molecule has 5 heteroatoms. The molecule has 1 atom stereocenters. The minimum absolute atomic E-state index is 0.305. The van der Waals surface area contributed by atoms with E-state index in [9.17, 15) is 5.11 Å². The lowest BCUT2D eigenvalue weighted by atomic mass is 9.90. The molecular formula is C16H17N3OS. The van der Waals surface area contributed by atoms with Crippen LogP contribution in [0.25, 0.3) is 0 Å². The predicted octanol–water partition coefficient (Wildman–Crippen LogP) is 2.96. The summed E-state index contributed by atoms with van der Waals surface area (Å²) in [5.74, 6) is 1.16. The molecule has 0 amide bonds. The third-order valence-electron chi connectivity index (χ3n) is 3.99. The molecule has 0 saturated carbocycles. The summed E-state index contributed by atoms with van der Waals surface area (Å²) >= 11 is 1.61. The topological polar surface area (TPSA) is 60.2 Å². The number of thiophene rings is 1. The van der Waals surface area contributed by atoms with Crippen molar-refractivity contribution in [2.75, 3.05) is 18.0 Å². The van der Waals surface area contributed by atoms with Crippen LogP contribution in [0, 0.1) is 17.2 Å². The number of aromatic nitrogens is 1. The summed E-state index contributed by atoms with van der Waals surface area (Å²) in [4.78, 5) is 7.59. The van der Waals surface area contributed by atoms with E-state index in [1.807, 2.05) is 29.6 Å². The normalized spacial score (nSPS) is 17.4. The van der Waals surface area contributed by atoms with Gasteiger partial charge in [-0.1, -0.05) is 12.1 Å². The van der Waals surface area contributed by atoms with Gasteiger partial charge in [-0.05, 0) is 42.3 Å². The second-order valence-corrected chi connectivity index (χ2v) is 6.26. The number of aliphatic hydroxyl groups is 1. The Kier molecular flexibility index (Phi) is 4.18. The zero-order chi connectivity index (χ0) is 14.7. The molecule has 0 spiro atoms. The van der Waals surface area contributed by atoms with Gasteiger partial charge >= 0.3 is 0 Å². The van der Waals surface area contributed by atoms with Crippen LogP contribution in [0.4, 0.5) is 5.82 Å². The Hall–Kier alpha value is -1.90. The van der Waals surface area contributed by atoms with E-state index in [2.05, 4.69) is 16.0 Å². The van der Waals surface area contributed by atoms with E-state index in [0.717, 1.165) is 36.6 Å². The fraction of sp³-hybridized carbons (Fsp3) is 0.375. The van der Waals surface area contributed by atoms with Gasteiger partial charge in [-0.15, -0.1) is 11.3 Å². The molecule has 1 saturated heterocycles. The first-order chi connectivity index (χ1) is 10.3. The second-order valence-electron chi connectivity index (χ2n) is 5.28. The highest BCUT2D eigenvalue weighted by atomic mass is 32.1. The Morgan fingerprint density at radius 1 is 1.29 bits per heavy atom. The Bertz CT molecular complexity index is 627. The van der Waals surface area contributed by atoms with Crippen LogP contribution in [0.1, 0.15) is 29.5 Å². The van der Waals surface area contributed by atoms with Gasteiger partial charge in [0.05, 0.1) is 6.10 Å². The summed E-state index contributed by atoms with van der Waals surface area (Å²) in [5.41, 5.74) is 0.452. The van der Waals surface area contributed by atoms with Crippen molar-refractivity contribution < 1.29 is 5.11 Å². The Labute approximate surface area is 128 Å². The molecule has 108 valence electrons. The number of hydrogen-bond donors (Lipinski definition) is 1. The highest BCUT2D eigenvalue weighted by Crippen LogP contribution is 2.33. The van der Waals surface area contributed by atoms with Gasteiger partial charge in [0.25, 0.3) is 0 Å². The number of hydrogen-bond acceptors (Lipinski definition) is 5. The highest BCUT2D eigenvalue weighted by molar-refractivity contribution is 7.10. The van der Waals surface area contributed by atoms with Crippen molar-refractivity contribution >= 4 is 17.2 Å². The van der Waals surface area contributed by atoms with Crippen molar-refractivity contribution in [2.24, 2.45) is 5.92 Å². The first-order valence-corrected chi connectivity index (χ1v) is 7.99. The summed E-state index contributed by atoms with van der Waals surface area (Å²) in [7, 11) is 0.